The number of carbonyl (C=O) groups excluding carboxylic acids is 1. The average molecular weight is 493 g/mol. The van der Waals surface area contributed by atoms with E-state index in [1.54, 1.807) is 18.2 Å². The Morgan fingerprint density at radius 3 is 2.61 bits per heavy atom. The standard InChI is InChI=1S/C22H22Cl2N4OS2/c23-16-7-4-8-17(24)18(16)19(29)20-21(25)27-22(31-20)26-14-5-3-6-15(13-14)30-12-11-28-9-1-2-10-28/h3-8,13H,1-2,9-12,25H2,(H,26,27). The van der Waals surface area contributed by atoms with Gasteiger partial charge in [0.2, 0.25) is 5.78 Å². The first-order valence-electron chi connectivity index (χ1n) is 9.98. The van der Waals surface area contributed by atoms with Crippen LogP contribution < -0.4 is 11.1 Å². The first-order valence-corrected chi connectivity index (χ1v) is 12.5. The van der Waals surface area contributed by atoms with Gasteiger partial charge in [-0.15, -0.1) is 11.8 Å². The van der Waals surface area contributed by atoms with E-state index >= 15 is 0 Å². The molecule has 0 amide bonds. The number of rotatable bonds is 8. The number of aromatic nitrogens is 1. The summed E-state index contributed by atoms with van der Waals surface area (Å²) in [5.74, 6) is 0.889. The lowest BCUT2D eigenvalue weighted by atomic mass is 10.1. The highest BCUT2D eigenvalue weighted by Gasteiger charge is 2.22. The van der Waals surface area contributed by atoms with E-state index in [1.807, 2.05) is 23.9 Å². The smallest absolute Gasteiger partial charge is 0.209 e. The van der Waals surface area contributed by atoms with Crippen molar-refractivity contribution in [2.24, 2.45) is 0 Å². The summed E-state index contributed by atoms with van der Waals surface area (Å²) < 4.78 is 0. The Kier molecular flexibility index (Phi) is 7.40. The summed E-state index contributed by atoms with van der Waals surface area (Å²) in [6.45, 7) is 3.55. The molecule has 1 aromatic heterocycles. The zero-order valence-corrected chi connectivity index (χ0v) is 19.9. The van der Waals surface area contributed by atoms with E-state index in [2.05, 4.69) is 27.3 Å². The molecule has 5 nitrogen and oxygen atoms in total. The molecule has 4 rings (SSSR count). The highest BCUT2D eigenvalue weighted by atomic mass is 35.5. The second kappa shape index (κ2) is 10.2. The third-order valence-corrected chi connectivity index (χ3v) is 7.60. The fourth-order valence-electron chi connectivity index (χ4n) is 3.46. The first-order chi connectivity index (χ1) is 15.0. The van der Waals surface area contributed by atoms with Gasteiger partial charge in [-0.1, -0.05) is 46.7 Å². The minimum Gasteiger partial charge on any atom is -0.382 e. The van der Waals surface area contributed by atoms with Gasteiger partial charge in [-0.3, -0.25) is 4.79 Å². The molecule has 3 aromatic rings. The summed E-state index contributed by atoms with van der Waals surface area (Å²) in [7, 11) is 0. The van der Waals surface area contributed by atoms with Crippen molar-refractivity contribution in [3.05, 3.63) is 63.0 Å². The van der Waals surface area contributed by atoms with E-state index in [0.29, 0.717) is 20.1 Å². The maximum Gasteiger partial charge on any atom is 0.209 e. The van der Waals surface area contributed by atoms with Gasteiger partial charge in [-0.25, -0.2) is 4.98 Å². The quantitative estimate of drug-likeness (QED) is 0.288. The molecule has 1 aliphatic heterocycles. The second-order valence-corrected chi connectivity index (χ2v) is 10.2. The van der Waals surface area contributed by atoms with E-state index in [-0.39, 0.29) is 17.2 Å². The molecule has 2 heterocycles. The molecule has 31 heavy (non-hydrogen) atoms. The first kappa shape index (κ1) is 22.4. The van der Waals surface area contributed by atoms with Crippen LogP contribution in [0.1, 0.15) is 28.1 Å². The fraction of sp³-hybridized carbons (Fsp3) is 0.273. The van der Waals surface area contributed by atoms with Crippen molar-refractivity contribution in [3.8, 4) is 0 Å². The second-order valence-electron chi connectivity index (χ2n) is 7.21. The third kappa shape index (κ3) is 5.54. The number of ketones is 1. The molecule has 0 atom stereocenters. The number of hydrogen-bond donors (Lipinski definition) is 2. The molecule has 1 aliphatic rings. The van der Waals surface area contributed by atoms with Crippen LogP contribution in [0.5, 0.6) is 0 Å². The van der Waals surface area contributed by atoms with Crippen LogP contribution in [0.3, 0.4) is 0 Å². The van der Waals surface area contributed by atoms with Crippen LogP contribution in [0.15, 0.2) is 47.4 Å². The summed E-state index contributed by atoms with van der Waals surface area (Å²) in [6.07, 6.45) is 2.63. The summed E-state index contributed by atoms with van der Waals surface area (Å²) in [4.78, 5) is 21.3. The number of nitrogens with zero attached hydrogens (tertiary/aromatic N) is 2. The van der Waals surface area contributed by atoms with Crippen LogP contribution in [0, 0.1) is 0 Å². The zero-order chi connectivity index (χ0) is 21.8. The predicted molar refractivity (Wildman–Crippen MR) is 133 cm³/mol. The lowest BCUT2D eigenvalue weighted by Gasteiger charge is -2.13. The van der Waals surface area contributed by atoms with Gasteiger partial charge in [0, 0.05) is 22.9 Å². The highest BCUT2D eigenvalue weighted by Crippen LogP contribution is 2.34. The molecule has 3 N–H and O–H groups in total. The number of hydrogen-bond acceptors (Lipinski definition) is 7. The van der Waals surface area contributed by atoms with Crippen LogP contribution in [0.4, 0.5) is 16.6 Å². The zero-order valence-electron chi connectivity index (χ0n) is 16.7. The third-order valence-electron chi connectivity index (χ3n) is 5.01. The monoisotopic (exact) mass is 492 g/mol. The summed E-state index contributed by atoms with van der Waals surface area (Å²) in [5, 5.41) is 4.38. The van der Waals surface area contributed by atoms with Crippen LogP contribution >= 0.6 is 46.3 Å². The minimum atomic E-state index is -0.329. The van der Waals surface area contributed by atoms with E-state index in [0.717, 1.165) is 18.0 Å². The van der Waals surface area contributed by atoms with Crippen LogP contribution in [0.2, 0.25) is 10.0 Å². The Labute approximate surface area is 199 Å². The normalized spacial score (nSPS) is 14.1. The van der Waals surface area contributed by atoms with Crippen LogP contribution in [0.25, 0.3) is 0 Å². The SMILES string of the molecule is Nc1nc(Nc2cccc(SCCN3CCCC3)c2)sc1C(=O)c1c(Cl)cccc1Cl. The minimum absolute atomic E-state index is 0.157. The Hall–Kier alpha value is -1.77. The number of nitrogens with two attached hydrogens (primary N) is 1. The van der Waals surface area contributed by atoms with Gasteiger partial charge in [-0.05, 0) is 56.3 Å². The van der Waals surface area contributed by atoms with Gasteiger partial charge in [-0.2, -0.15) is 0 Å². The molecule has 0 spiro atoms. The average Bonchev–Trinajstić information content (AvgIpc) is 3.38. The van der Waals surface area contributed by atoms with E-state index in [1.165, 1.54) is 42.2 Å². The van der Waals surface area contributed by atoms with Crippen molar-refractivity contribution in [1.29, 1.82) is 0 Å². The molecule has 0 bridgehead atoms. The summed E-state index contributed by atoms with van der Waals surface area (Å²) >= 11 is 15.4. The lowest BCUT2D eigenvalue weighted by Crippen LogP contribution is -2.21. The molecule has 2 aromatic carbocycles. The Morgan fingerprint density at radius 2 is 1.87 bits per heavy atom. The summed E-state index contributed by atoms with van der Waals surface area (Å²) in [5.41, 5.74) is 7.17. The highest BCUT2D eigenvalue weighted by molar-refractivity contribution is 7.99. The van der Waals surface area contributed by atoms with Crippen molar-refractivity contribution >= 4 is 68.7 Å². The van der Waals surface area contributed by atoms with Gasteiger partial charge in [0.1, 0.15) is 10.7 Å². The van der Waals surface area contributed by atoms with E-state index < -0.39 is 0 Å². The van der Waals surface area contributed by atoms with Gasteiger partial charge >= 0.3 is 0 Å². The molecule has 9 heteroatoms. The van der Waals surface area contributed by atoms with E-state index in [9.17, 15) is 4.79 Å². The van der Waals surface area contributed by atoms with Crippen LogP contribution in [-0.4, -0.2) is 41.1 Å². The van der Waals surface area contributed by atoms with E-state index in [4.69, 9.17) is 28.9 Å². The number of nitrogens with one attached hydrogen (secondary N) is 1. The molecule has 1 saturated heterocycles. The van der Waals surface area contributed by atoms with Crippen molar-refractivity contribution in [1.82, 2.24) is 9.88 Å². The summed E-state index contributed by atoms with van der Waals surface area (Å²) in [6, 6.07) is 13.1. The Balaban J connectivity index is 1.44. The molecule has 0 aliphatic carbocycles. The molecule has 162 valence electrons. The lowest BCUT2D eigenvalue weighted by molar-refractivity contribution is 0.104. The number of thioether (sulfide) groups is 1. The number of halogens is 2. The molecule has 0 saturated carbocycles. The predicted octanol–water partition coefficient (Wildman–Crippen LogP) is 6.19. The number of carbonyl (C=O) groups is 1. The van der Waals surface area contributed by atoms with Gasteiger partial charge < -0.3 is 16.0 Å². The Morgan fingerprint density at radius 1 is 1.16 bits per heavy atom. The number of nitrogen functional groups attached to an aromatic ring is 1. The topological polar surface area (TPSA) is 71.2 Å². The van der Waals surface area contributed by atoms with Gasteiger partial charge in [0.05, 0.1) is 15.6 Å². The largest absolute Gasteiger partial charge is 0.382 e. The number of benzene rings is 2. The number of thiazole rings is 1. The molecule has 0 unspecified atom stereocenters. The fourth-order valence-corrected chi connectivity index (χ4v) is 5.85. The van der Waals surface area contributed by atoms with Gasteiger partial charge in [0.15, 0.2) is 5.13 Å². The molecular formula is C22H22Cl2N4OS2. The number of anilines is 3. The van der Waals surface area contributed by atoms with Crippen molar-refractivity contribution < 1.29 is 4.79 Å². The maximum atomic E-state index is 12.9. The van der Waals surface area contributed by atoms with Crippen LogP contribution in [-0.2, 0) is 0 Å². The van der Waals surface area contributed by atoms with Crippen molar-refractivity contribution in [2.75, 3.05) is 36.4 Å². The van der Waals surface area contributed by atoms with Gasteiger partial charge in [0.25, 0.3) is 0 Å². The van der Waals surface area contributed by atoms with Crippen molar-refractivity contribution in [3.63, 3.8) is 0 Å². The molecular weight excluding hydrogens is 471 g/mol. The Bertz CT molecular complexity index is 1060. The number of likely N-dealkylation sites (tertiary alicyclic amines) is 1. The van der Waals surface area contributed by atoms with Crippen molar-refractivity contribution in [2.45, 2.75) is 17.7 Å². The maximum absolute atomic E-state index is 12.9. The molecule has 1 fully saturated rings. The molecule has 0 radical (unpaired) electrons.